The maximum absolute atomic E-state index is 13.4. The van der Waals surface area contributed by atoms with Crippen molar-refractivity contribution >= 4 is 23.4 Å². The first-order chi connectivity index (χ1) is 12.6. The number of hydrogen-bond acceptors (Lipinski definition) is 7. The lowest BCUT2D eigenvalue weighted by atomic mass is 10.2. The molecule has 0 fully saturated rings. The number of benzene rings is 1. The van der Waals surface area contributed by atoms with Crippen LogP contribution in [-0.2, 0) is 0 Å². The number of aryl methyl sites for hydroxylation is 1. The summed E-state index contributed by atoms with van der Waals surface area (Å²) in [6.07, 6.45) is 2.65. The van der Waals surface area contributed by atoms with Crippen molar-refractivity contribution in [2.45, 2.75) is 25.3 Å². The minimum absolute atomic E-state index is 0.0423. The molecule has 1 N–H and O–H groups in total. The van der Waals surface area contributed by atoms with E-state index >= 15 is 0 Å². The molecule has 3 aromatic rings. The van der Waals surface area contributed by atoms with Crippen molar-refractivity contribution in [2.24, 2.45) is 0 Å². The number of rotatable bonds is 6. The van der Waals surface area contributed by atoms with E-state index in [9.17, 15) is 4.39 Å². The summed E-state index contributed by atoms with van der Waals surface area (Å²) in [5.74, 6) is 1.39. The standard InChI is InChI=1S/C18H16FN5OS/c1-3-8-26-17-16(11(2)25-24-17)15-6-7-21-18(23-15)22-13-4-5-14(19)12(9-13)10-20/h4-7,9H,3,8H2,1-2H3,(H,21,22,23). The van der Waals surface area contributed by atoms with Gasteiger partial charge in [-0.1, -0.05) is 12.1 Å². The molecule has 8 heteroatoms. The Morgan fingerprint density at radius 1 is 1.35 bits per heavy atom. The highest BCUT2D eigenvalue weighted by Crippen LogP contribution is 2.33. The first-order valence-electron chi connectivity index (χ1n) is 8.01. The van der Waals surface area contributed by atoms with Crippen LogP contribution < -0.4 is 5.32 Å². The maximum Gasteiger partial charge on any atom is 0.227 e. The molecule has 2 aromatic heterocycles. The van der Waals surface area contributed by atoms with E-state index < -0.39 is 5.82 Å². The highest BCUT2D eigenvalue weighted by Gasteiger charge is 2.17. The van der Waals surface area contributed by atoms with Gasteiger partial charge >= 0.3 is 0 Å². The zero-order valence-electron chi connectivity index (χ0n) is 14.3. The molecular formula is C18H16FN5OS. The molecule has 0 unspecified atom stereocenters. The highest BCUT2D eigenvalue weighted by molar-refractivity contribution is 7.99. The van der Waals surface area contributed by atoms with Gasteiger partial charge in [0.2, 0.25) is 5.95 Å². The molecule has 0 bridgehead atoms. The monoisotopic (exact) mass is 369 g/mol. The first-order valence-corrected chi connectivity index (χ1v) is 9.00. The van der Waals surface area contributed by atoms with E-state index in [2.05, 4.69) is 27.4 Å². The first kappa shape index (κ1) is 17.9. The van der Waals surface area contributed by atoms with E-state index in [1.54, 1.807) is 24.0 Å². The molecular weight excluding hydrogens is 353 g/mol. The fraction of sp³-hybridized carbons (Fsp3) is 0.222. The number of aromatic nitrogens is 3. The van der Waals surface area contributed by atoms with Crippen LogP contribution >= 0.6 is 11.8 Å². The zero-order valence-corrected chi connectivity index (χ0v) is 15.1. The normalized spacial score (nSPS) is 10.5. The van der Waals surface area contributed by atoms with E-state index in [4.69, 9.17) is 9.78 Å². The molecule has 0 spiro atoms. The predicted octanol–water partition coefficient (Wildman–Crippen LogP) is 4.70. The van der Waals surface area contributed by atoms with Gasteiger partial charge in [-0.05, 0) is 43.4 Å². The number of anilines is 2. The van der Waals surface area contributed by atoms with Crippen LogP contribution in [0.1, 0.15) is 24.7 Å². The summed E-state index contributed by atoms with van der Waals surface area (Å²) in [5, 5.41) is 16.8. The summed E-state index contributed by atoms with van der Waals surface area (Å²) < 4.78 is 18.8. The van der Waals surface area contributed by atoms with Gasteiger partial charge in [0, 0.05) is 11.9 Å². The lowest BCUT2D eigenvalue weighted by Gasteiger charge is -2.07. The lowest BCUT2D eigenvalue weighted by Crippen LogP contribution is -1.99. The number of nitriles is 1. The fourth-order valence-corrected chi connectivity index (χ4v) is 3.20. The van der Waals surface area contributed by atoms with Crippen molar-refractivity contribution < 1.29 is 8.91 Å². The number of nitrogens with zero attached hydrogens (tertiary/aromatic N) is 4. The molecule has 0 saturated carbocycles. The number of hydrogen-bond donors (Lipinski definition) is 1. The van der Waals surface area contributed by atoms with Gasteiger partial charge in [-0.3, -0.25) is 0 Å². The summed E-state index contributed by atoms with van der Waals surface area (Å²) >= 11 is 1.62. The van der Waals surface area contributed by atoms with Crippen molar-refractivity contribution in [2.75, 3.05) is 11.1 Å². The fourth-order valence-electron chi connectivity index (χ4n) is 2.31. The van der Waals surface area contributed by atoms with E-state index in [1.807, 2.05) is 13.0 Å². The third-order valence-electron chi connectivity index (χ3n) is 3.53. The molecule has 132 valence electrons. The van der Waals surface area contributed by atoms with Crippen LogP contribution in [0.5, 0.6) is 0 Å². The molecule has 0 radical (unpaired) electrons. The third-order valence-corrected chi connectivity index (χ3v) is 4.69. The average Bonchev–Trinajstić information content (AvgIpc) is 3.02. The second-order valence-corrected chi connectivity index (χ2v) is 6.55. The van der Waals surface area contributed by atoms with E-state index in [1.165, 1.54) is 18.2 Å². The number of nitrogens with one attached hydrogen (secondary N) is 1. The van der Waals surface area contributed by atoms with Gasteiger partial charge < -0.3 is 9.84 Å². The van der Waals surface area contributed by atoms with Crippen molar-refractivity contribution in [3.05, 3.63) is 47.6 Å². The molecule has 0 aliphatic heterocycles. The maximum atomic E-state index is 13.4. The van der Waals surface area contributed by atoms with Gasteiger partial charge in [0.1, 0.15) is 22.7 Å². The van der Waals surface area contributed by atoms with Crippen molar-refractivity contribution in [1.82, 2.24) is 15.1 Å². The van der Waals surface area contributed by atoms with Gasteiger partial charge in [0.05, 0.1) is 16.8 Å². The van der Waals surface area contributed by atoms with E-state index in [0.29, 0.717) is 23.1 Å². The number of thioether (sulfide) groups is 1. The van der Waals surface area contributed by atoms with Crippen LogP contribution in [0.2, 0.25) is 0 Å². The van der Waals surface area contributed by atoms with Gasteiger partial charge in [0.25, 0.3) is 0 Å². The molecule has 0 aliphatic rings. The Morgan fingerprint density at radius 3 is 2.96 bits per heavy atom. The molecule has 26 heavy (non-hydrogen) atoms. The Hall–Kier alpha value is -2.92. The molecule has 0 atom stereocenters. The Bertz CT molecular complexity index is 966. The minimum Gasteiger partial charge on any atom is -0.360 e. The van der Waals surface area contributed by atoms with Gasteiger partial charge in [-0.2, -0.15) is 5.26 Å². The topological polar surface area (TPSA) is 87.6 Å². The minimum atomic E-state index is -0.564. The summed E-state index contributed by atoms with van der Waals surface area (Å²) in [4.78, 5) is 8.69. The Morgan fingerprint density at radius 2 is 2.19 bits per heavy atom. The van der Waals surface area contributed by atoms with Crippen LogP contribution in [0, 0.1) is 24.1 Å². The summed E-state index contributed by atoms with van der Waals surface area (Å²) in [6.45, 7) is 3.94. The quantitative estimate of drug-likeness (QED) is 0.630. The Kier molecular flexibility index (Phi) is 5.49. The smallest absolute Gasteiger partial charge is 0.227 e. The Balaban J connectivity index is 1.90. The SMILES string of the molecule is CCCSc1noc(C)c1-c1ccnc(Nc2ccc(F)c(C#N)c2)n1. The zero-order chi connectivity index (χ0) is 18.5. The van der Waals surface area contributed by atoms with Crippen LogP contribution in [-0.4, -0.2) is 20.9 Å². The van der Waals surface area contributed by atoms with Gasteiger partial charge in [-0.15, -0.1) is 11.8 Å². The van der Waals surface area contributed by atoms with E-state index in [-0.39, 0.29) is 5.56 Å². The average molecular weight is 369 g/mol. The van der Waals surface area contributed by atoms with Crippen LogP contribution in [0.25, 0.3) is 11.3 Å². The molecule has 6 nitrogen and oxygen atoms in total. The molecule has 0 amide bonds. The highest BCUT2D eigenvalue weighted by atomic mass is 32.2. The van der Waals surface area contributed by atoms with Crippen LogP contribution in [0.15, 0.2) is 40.0 Å². The lowest BCUT2D eigenvalue weighted by molar-refractivity contribution is 0.384. The van der Waals surface area contributed by atoms with E-state index in [0.717, 1.165) is 22.8 Å². The molecule has 0 aliphatic carbocycles. The van der Waals surface area contributed by atoms with Crippen molar-refractivity contribution in [1.29, 1.82) is 5.26 Å². The summed E-state index contributed by atoms with van der Waals surface area (Å²) in [6, 6.07) is 7.77. The van der Waals surface area contributed by atoms with Gasteiger partial charge in [-0.25, -0.2) is 14.4 Å². The number of halogens is 1. The van der Waals surface area contributed by atoms with Gasteiger partial charge in [0.15, 0.2) is 0 Å². The second kappa shape index (κ2) is 7.97. The van der Waals surface area contributed by atoms with Crippen molar-refractivity contribution in [3.63, 3.8) is 0 Å². The predicted molar refractivity (Wildman–Crippen MR) is 97.7 cm³/mol. The largest absolute Gasteiger partial charge is 0.360 e. The molecule has 2 heterocycles. The third kappa shape index (κ3) is 3.83. The molecule has 1 aromatic carbocycles. The summed E-state index contributed by atoms with van der Waals surface area (Å²) in [5.41, 5.74) is 2.01. The molecule has 3 rings (SSSR count). The molecule has 0 saturated heterocycles. The van der Waals surface area contributed by atoms with Crippen molar-refractivity contribution in [3.8, 4) is 17.3 Å². The van der Waals surface area contributed by atoms with Crippen LogP contribution in [0.4, 0.5) is 16.0 Å². The van der Waals surface area contributed by atoms with Crippen LogP contribution in [0.3, 0.4) is 0 Å². The second-order valence-electron chi connectivity index (χ2n) is 5.46. The Labute approximate surface area is 154 Å². The summed E-state index contributed by atoms with van der Waals surface area (Å²) in [7, 11) is 0.